The van der Waals surface area contributed by atoms with Crippen LogP contribution in [0.25, 0.3) is 5.52 Å². The van der Waals surface area contributed by atoms with Crippen molar-refractivity contribution in [2.45, 2.75) is 24.2 Å². The molecule has 1 aromatic carbocycles. The number of rotatable bonds is 6. The maximum Gasteiger partial charge on any atom is 0.750 e. The third-order valence-corrected chi connectivity index (χ3v) is 5.66. The molecule has 1 fully saturated rings. The summed E-state index contributed by atoms with van der Waals surface area (Å²) < 4.78 is 29.6. The Hall–Kier alpha value is -2.62. The topological polar surface area (TPSA) is 141 Å². The molecule has 1 saturated heterocycles. The molecule has 10 nitrogen and oxygen atoms in total. The number of aliphatic hydroxyl groups is 2. The summed E-state index contributed by atoms with van der Waals surface area (Å²) in [5, 5.41) is 26.2. The average Bonchev–Trinajstić information content (AvgIpc) is 3.25. The predicted octanol–water partition coefficient (Wildman–Crippen LogP) is 1.40. The molecule has 4 unspecified atom stereocenters. The fraction of sp³-hybridized carbons (Fsp3) is 0.333. The molecule has 0 saturated carbocycles. The lowest BCUT2D eigenvalue weighted by atomic mass is 9.86. The van der Waals surface area contributed by atoms with E-state index in [9.17, 15) is 14.8 Å². The predicted molar refractivity (Wildman–Crippen MR) is 102 cm³/mol. The summed E-state index contributed by atoms with van der Waals surface area (Å²) >= 11 is 0. The molecule has 0 amide bonds. The maximum atomic E-state index is 12.1. The van der Waals surface area contributed by atoms with E-state index in [2.05, 4.69) is 10.1 Å². The lowest BCUT2D eigenvalue weighted by Crippen LogP contribution is -2.49. The van der Waals surface area contributed by atoms with Crippen LogP contribution in [0.4, 0.5) is 5.82 Å². The fourth-order valence-corrected chi connectivity index (χ4v) is 4.04. The average molecular weight is 419 g/mol. The van der Waals surface area contributed by atoms with E-state index in [1.807, 2.05) is 0 Å². The highest BCUT2D eigenvalue weighted by Crippen LogP contribution is 2.42. The van der Waals surface area contributed by atoms with Gasteiger partial charge in [0.1, 0.15) is 30.2 Å². The van der Waals surface area contributed by atoms with Crippen LogP contribution in [0.15, 0.2) is 48.8 Å². The van der Waals surface area contributed by atoms with Crippen molar-refractivity contribution >= 4 is 19.6 Å². The van der Waals surface area contributed by atoms with Crippen molar-refractivity contribution in [2.24, 2.45) is 0 Å². The second kappa shape index (κ2) is 7.33. The van der Waals surface area contributed by atoms with Crippen LogP contribution in [0, 0.1) is 0 Å². The number of hydrogen-bond donors (Lipinski definition) is 3. The molecule has 0 radical (unpaired) electrons. The second-order valence-corrected chi connectivity index (χ2v) is 7.88. The molecular weight excluding hydrogens is 399 g/mol. The van der Waals surface area contributed by atoms with Gasteiger partial charge in [0.25, 0.3) is 0 Å². The van der Waals surface area contributed by atoms with Crippen molar-refractivity contribution in [3.8, 4) is 5.75 Å². The number of benzene rings is 1. The summed E-state index contributed by atoms with van der Waals surface area (Å²) in [5.74, 6) is 0.629. The van der Waals surface area contributed by atoms with Crippen LogP contribution in [0.3, 0.4) is 0 Å². The maximum absolute atomic E-state index is 12.1. The summed E-state index contributed by atoms with van der Waals surface area (Å²) in [4.78, 5) is 3.90. The molecule has 4 atom stereocenters. The lowest BCUT2D eigenvalue weighted by molar-refractivity contribution is -0.0961. The molecule has 4 N–H and O–H groups in total. The number of fused-ring (bicyclic) bond motifs is 1. The number of nitrogens with zero attached hydrogens (tertiary/aromatic N) is 3. The molecule has 4 rings (SSSR count). The Balaban J connectivity index is 1.50. The van der Waals surface area contributed by atoms with Crippen LogP contribution in [-0.4, -0.2) is 49.7 Å². The van der Waals surface area contributed by atoms with Crippen molar-refractivity contribution in [3.63, 3.8) is 0 Å². The highest BCUT2D eigenvalue weighted by atomic mass is 31.1. The molecule has 1 aliphatic rings. The van der Waals surface area contributed by atoms with Gasteiger partial charge in [0.2, 0.25) is 0 Å². The van der Waals surface area contributed by atoms with Gasteiger partial charge in [-0.05, 0) is 31.2 Å². The Kier molecular flexibility index (Phi) is 4.97. The first-order valence-electron chi connectivity index (χ1n) is 8.80. The Morgan fingerprint density at radius 3 is 2.86 bits per heavy atom. The largest absolute Gasteiger partial charge is 0.750 e. The number of hydrogen-bond acceptors (Lipinski definition) is 9. The number of nitrogen functional groups attached to an aromatic ring is 1. The van der Waals surface area contributed by atoms with Gasteiger partial charge in [-0.1, -0.05) is 18.2 Å². The molecule has 152 valence electrons. The van der Waals surface area contributed by atoms with Crippen LogP contribution in [0.1, 0.15) is 12.6 Å². The standard InChI is InChI=1S/C18H20N4O6P/c1-17(9-27-29(25)28-12-5-3-2-4-6-12)16(23)18(24,10-26-17)14-8-7-13-15(19)20-11-21-22(13)14/h2-8,11,16,23-24H,9-10H2,1H3,(H2,19,20,21)/q+1. The minimum atomic E-state index is -2.50. The molecule has 11 heteroatoms. The van der Waals surface area contributed by atoms with E-state index in [0.29, 0.717) is 17.0 Å². The highest BCUT2D eigenvalue weighted by Gasteiger charge is 2.58. The van der Waals surface area contributed by atoms with Crippen LogP contribution in [0.2, 0.25) is 0 Å². The highest BCUT2D eigenvalue weighted by molar-refractivity contribution is 7.33. The van der Waals surface area contributed by atoms with Crippen molar-refractivity contribution in [2.75, 3.05) is 18.9 Å². The summed E-state index contributed by atoms with van der Waals surface area (Å²) in [6.45, 7) is 1.07. The third kappa shape index (κ3) is 3.45. The van der Waals surface area contributed by atoms with E-state index < -0.39 is 25.6 Å². The van der Waals surface area contributed by atoms with Gasteiger partial charge in [0, 0.05) is 4.57 Å². The zero-order valence-corrected chi connectivity index (χ0v) is 16.4. The van der Waals surface area contributed by atoms with Crippen molar-refractivity contribution in [1.82, 2.24) is 14.6 Å². The summed E-state index contributed by atoms with van der Waals surface area (Å²) in [7, 11) is -2.50. The Bertz CT molecular complexity index is 1050. The SMILES string of the molecule is CC1(CO[P+](=O)Oc2ccccc2)OCC(O)(c2ccc3c(N)ncnn23)C1O. The minimum absolute atomic E-state index is 0.222. The molecule has 2 aromatic heterocycles. The Labute approximate surface area is 166 Å². The van der Waals surface area contributed by atoms with Gasteiger partial charge < -0.3 is 20.7 Å². The fourth-order valence-electron chi connectivity index (χ4n) is 3.33. The first-order valence-corrected chi connectivity index (χ1v) is 9.89. The molecule has 0 aliphatic carbocycles. The molecule has 29 heavy (non-hydrogen) atoms. The summed E-state index contributed by atoms with van der Waals surface area (Å²) in [6.07, 6.45) is -0.143. The quantitative estimate of drug-likeness (QED) is 0.506. The zero-order chi connectivity index (χ0) is 20.6. The van der Waals surface area contributed by atoms with Crippen LogP contribution < -0.4 is 10.3 Å². The van der Waals surface area contributed by atoms with E-state index >= 15 is 0 Å². The van der Waals surface area contributed by atoms with E-state index in [-0.39, 0.29) is 19.0 Å². The van der Waals surface area contributed by atoms with Gasteiger partial charge in [-0.15, -0.1) is 4.52 Å². The summed E-state index contributed by atoms with van der Waals surface area (Å²) in [5.41, 5.74) is 3.51. The third-order valence-electron chi connectivity index (χ3n) is 4.96. The van der Waals surface area contributed by atoms with Gasteiger partial charge in [-0.3, -0.25) is 0 Å². The molecule has 3 heterocycles. The normalized spacial score (nSPS) is 27.3. The minimum Gasteiger partial charge on any atom is -0.386 e. The van der Waals surface area contributed by atoms with Gasteiger partial charge in [-0.2, -0.15) is 5.10 Å². The van der Waals surface area contributed by atoms with Gasteiger partial charge >= 0.3 is 8.25 Å². The van der Waals surface area contributed by atoms with E-state index in [4.69, 9.17) is 19.5 Å². The number of nitrogens with two attached hydrogens (primary N) is 1. The van der Waals surface area contributed by atoms with Gasteiger partial charge in [0.05, 0.1) is 12.3 Å². The molecule has 3 aromatic rings. The molecular formula is C18H20N4O6P+. The van der Waals surface area contributed by atoms with Crippen LogP contribution in [-0.2, 0) is 19.4 Å². The molecule has 0 bridgehead atoms. The van der Waals surface area contributed by atoms with Gasteiger partial charge in [0.15, 0.2) is 17.2 Å². The van der Waals surface area contributed by atoms with E-state index in [1.54, 1.807) is 49.4 Å². The zero-order valence-electron chi connectivity index (χ0n) is 15.5. The number of para-hydroxylation sites is 1. The molecule has 0 spiro atoms. The van der Waals surface area contributed by atoms with E-state index in [1.165, 1.54) is 10.8 Å². The van der Waals surface area contributed by atoms with Crippen molar-refractivity contribution < 1.29 is 28.6 Å². The van der Waals surface area contributed by atoms with Gasteiger partial charge in [-0.25, -0.2) is 14.0 Å². The lowest BCUT2D eigenvalue weighted by Gasteiger charge is -2.30. The van der Waals surface area contributed by atoms with Crippen molar-refractivity contribution in [1.29, 1.82) is 0 Å². The number of aromatic nitrogens is 3. The number of aliphatic hydroxyl groups excluding tert-OH is 1. The number of ether oxygens (including phenoxy) is 1. The Morgan fingerprint density at radius 1 is 1.34 bits per heavy atom. The first-order chi connectivity index (χ1) is 13.8. The first kappa shape index (κ1) is 19.7. The smallest absolute Gasteiger partial charge is 0.386 e. The van der Waals surface area contributed by atoms with E-state index in [0.717, 1.165) is 0 Å². The molecule has 1 aliphatic heterocycles. The summed E-state index contributed by atoms with van der Waals surface area (Å²) in [6, 6.07) is 11.8. The van der Waals surface area contributed by atoms with Crippen LogP contribution in [0.5, 0.6) is 5.75 Å². The second-order valence-electron chi connectivity index (χ2n) is 6.99. The monoisotopic (exact) mass is 419 g/mol. The number of anilines is 1. The van der Waals surface area contributed by atoms with Crippen LogP contribution >= 0.6 is 8.25 Å². The van der Waals surface area contributed by atoms with Crippen molar-refractivity contribution in [3.05, 3.63) is 54.5 Å². The Morgan fingerprint density at radius 2 is 2.10 bits per heavy atom.